The number of carbonyl (C=O) groups is 2. The summed E-state index contributed by atoms with van der Waals surface area (Å²) in [6, 6.07) is 9.56. The average Bonchev–Trinajstić information content (AvgIpc) is 2.80. The molecule has 0 fully saturated rings. The lowest BCUT2D eigenvalue weighted by molar-refractivity contribution is -0.140. The molecule has 192 valence electrons. The van der Waals surface area contributed by atoms with Gasteiger partial charge in [0.25, 0.3) is 0 Å². The van der Waals surface area contributed by atoms with Gasteiger partial charge in [-0.1, -0.05) is 23.7 Å². The highest BCUT2D eigenvalue weighted by Gasteiger charge is 2.26. The van der Waals surface area contributed by atoms with Gasteiger partial charge in [-0.3, -0.25) is 13.9 Å². The zero-order chi connectivity index (χ0) is 26.2. The Morgan fingerprint density at radius 3 is 2.37 bits per heavy atom. The molecular weight excluding hydrogens is 497 g/mol. The molecule has 2 amide bonds. The van der Waals surface area contributed by atoms with Crippen LogP contribution in [0.4, 0.5) is 10.1 Å². The Bertz CT molecular complexity index is 1130. The molecule has 8 nitrogen and oxygen atoms in total. The summed E-state index contributed by atoms with van der Waals surface area (Å²) in [7, 11) is -2.19. The maximum Gasteiger partial charge on any atom is 0.242 e. The molecule has 0 saturated heterocycles. The summed E-state index contributed by atoms with van der Waals surface area (Å²) in [6.07, 6.45) is 1.28. The van der Waals surface area contributed by atoms with Crippen molar-refractivity contribution >= 4 is 39.1 Å². The summed E-state index contributed by atoms with van der Waals surface area (Å²) >= 11 is 6.16. The quantitative estimate of drug-likeness (QED) is 0.455. The Morgan fingerprint density at radius 1 is 1.17 bits per heavy atom. The number of ether oxygens (including phenoxy) is 1. The fourth-order valence-electron chi connectivity index (χ4n) is 3.51. The van der Waals surface area contributed by atoms with Crippen molar-refractivity contribution in [1.29, 1.82) is 0 Å². The van der Waals surface area contributed by atoms with E-state index in [9.17, 15) is 22.4 Å². The van der Waals surface area contributed by atoms with Gasteiger partial charge in [0.15, 0.2) is 0 Å². The topological polar surface area (TPSA) is 96.0 Å². The van der Waals surface area contributed by atoms with Crippen LogP contribution in [-0.2, 0) is 26.2 Å². The molecule has 11 heteroatoms. The lowest BCUT2D eigenvalue weighted by Gasteiger charge is -2.29. The molecule has 0 saturated carbocycles. The molecule has 1 atom stereocenters. The molecule has 35 heavy (non-hydrogen) atoms. The minimum Gasteiger partial charge on any atom is -0.495 e. The van der Waals surface area contributed by atoms with Crippen LogP contribution in [-0.4, -0.2) is 57.6 Å². The molecule has 0 spiro atoms. The van der Waals surface area contributed by atoms with Crippen molar-refractivity contribution in [3.8, 4) is 5.75 Å². The van der Waals surface area contributed by atoms with Gasteiger partial charge in [-0.15, -0.1) is 0 Å². The van der Waals surface area contributed by atoms with E-state index in [-0.39, 0.29) is 42.8 Å². The number of likely N-dealkylation sites (N-methyl/N-ethyl adjacent to an activating group) is 1. The van der Waals surface area contributed by atoms with Crippen LogP contribution in [0.25, 0.3) is 0 Å². The maximum absolute atomic E-state index is 13.3. The number of anilines is 1. The van der Waals surface area contributed by atoms with Crippen molar-refractivity contribution in [2.45, 2.75) is 39.3 Å². The number of benzene rings is 2. The predicted octanol–water partition coefficient (Wildman–Crippen LogP) is 3.59. The molecule has 0 aromatic heterocycles. The summed E-state index contributed by atoms with van der Waals surface area (Å²) in [4.78, 5) is 27.0. The molecular formula is C24H31ClFN3O5S. The predicted molar refractivity (Wildman–Crippen MR) is 135 cm³/mol. The molecule has 1 N–H and O–H groups in total. The van der Waals surface area contributed by atoms with E-state index in [1.54, 1.807) is 38.1 Å². The molecule has 0 bridgehead atoms. The number of rotatable bonds is 12. The molecule has 0 aliphatic rings. The molecule has 0 aliphatic carbocycles. The van der Waals surface area contributed by atoms with E-state index in [2.05, 4.69) is 5.32 Å². The normalized spacial score (nSPS) is 12.1. The first-order valence-electron chi connectivity index (χ1n) is 11.1. The number of methoxy groups -OCH3 is 1. The highest BCUT2D eigenvalue weighted by molar-refractivity contribution is 7.92. The number of nitrogens with zero attached hydrogens (tertiary/aromatic N) is 2. The molecule has 1 unspecified atom stereocenters. The number of nitrogens with one attached hydrogen (secondary N) is 1. The first-order valence-corrected chi connectivity index (χ1v) is 13.3. The van der Waals surface area contributed by atoms with Gasteiger partial charge in [-0.05, 0) is 56.2 Å². The highest BCUT2D eigenvalue weighted by Crippen LogP contribution is 2.30. The standard InChI is InChI=1S/C24H31ClFN3O5S/c1-5-27-24(31)17(2)28(16-18-8-10-19(26)11-9-18)23(30)7-6-14-29(35(4,32)33)20-12-13-22(34-3)21(25)15-20/h8-13,15,17H,5-7,14,16H2,1-4H3,(H,27,31). The number of halogens is 2. The van der Waals surface area contributed by atoms with E-state index in [1.807, 2.05) is 0 Å². The van der Waals surface area contributed by atoms with Crippen molar-refractivity contribution in [1.82, 2.24) is 10.2 Å². The van der Waals surface area contributed by atoms with Gasteiger partial charge >= 0.3 is 0 Å². The fraction of sp³-hybridized carbons (Fsp3) is 0.417. The third kappa shape index (κ3) is 8.10. The molecule has 2 aromatic rings. The van der Waals surface area contributed by atoms with Crippen LogP contribution < -0.4 is 14.4 Å². The zero-order valence-electron chi connectivity index (χ0n) is 20.3. The first-order chi connectivity index (χ1) is 16.5. The zero-order valence-corrected chi connectivity index (χ0v) is 21.8. The molecule has 0 radical (unpaired) electrons. The van der Waals surface area contributed by atoms with Crippen LogP contribution in [0.5, 0.6) is 5.75 Å². The second kappa shape index (κ2) is 12.7. The number of hydrogen-bond acceptors (Lipinski definition) is 5. The van der Waals surface area contributed by atoms with E-state index >= 15 is 0 Å². The molecule has 0 heterocycles. The SMILES string of the molecule is CCNC(=O)C(C)N(Cc1ccc(F)cc1)C(=O)CCCN(c1ccc(OC)c(Cl)c1)S(C)(=O)=O. The van der Waals surface area contributed by atoms with Crippen LogP contribution >= 0.6 is 11.6 Å². The molecule has 2 aromatic carbocycles. The number of hydrogen-bond donors (Lipinski definition) is 1. The van der Waals surface area contributed by atoms with E-state index in [4.69, 9.17) is 16.3 Å². The Labute approximate surface area is 211 Å². The van der Waals surface area contributed by atoms with E-state index < -0.39 is 21.9 Å². The minimum atomic E-state index is -3.65. The minimum absolute atomic E-state index is 0.000840. The van der Waals surface area contributed by atoms with Crippen molar-refractivity contribution in [3.63, 3.8) is 0 Å². The Kier molecular flexibility index (Phi) is 10.3. The van der Waals surface area contributed by atoms with Gasteiger partial charge in [0.1, 0.15) is 17.6 Å². The third-order valence-electron chi connectivity index (χ3n) is 5.36. The van der Waals surface area contributed by atoms with Gasteiger partial charge in [0.05, 0.1) is 24.1 Å². The molecule has 0 aliphatic heterocycles. The van der Waals surface area contributed by atoms with Crippen molar-refractivity contribution in [2.24, 2.45) is 0 Å². The Hall–Kier alpha value is -2.85. The van der Waals surface area contributed by atoms with E-state index in [0.29, 0.717) is 23.5 Å². The van der Waals surface area contributed by atoms with Gasteiger partial charge in [-0.2, -0.15) is 0 Å². The Balaban J connectivity index is 2.17. The summed E-state index contributed by atoms with van der Waals surface area (Å²) in [5.74, 6) is -0.624. The van der Waals surface area contributed by atoms with Crippen LogP contribution in [0.15, 0.2) is 42.5 Å². The molecule has 2 rings (SSSR count). The van der Waals surface area contributed by atoms with E-state index in [1.165, 1.54) is 34.5 Å². The van der Waals surface area contributed by atoms with Gasteiger partial charge in [-0.25, -0.2) is 12.8 Å². The summed E-state index contributed by atoms with van der Waals surface area (Å²) < 4.78 is 44.4. The number of carbonyl (C=O) groups excluding carboxylic acids is 2. The van der Waals surface area contributed by atoms with E-state index in [0.717, 1.165) is 6.26 Å². The van der Waals surface area contributed by atoms with Gasteiger partial charge in [0.2, 0.25) is 21.8 Å². The van der Waals surface area contributed by atoms with Gasteiger partial charge in [0, 0.05) is 26.1 Å². The summed E-state index contributed by atoms with van der Waals surface area (Å²) in [5.41, 5.74) is 1.02. The summed E-state index contributed by atoms with van der Waals surface area (Å²) in [5, 5.41) is 2.96. The second-order valence-electron chi connectivity index (χ2n) is 7.98. The maximum atomic E-state index is 13.3. The third-order valence-corrected chi connectivity index (χ3v) is 6.85. The highest BCUT2D eigenvalue weighted by atomic mass is 35.5. The largest absolute Gasteiger partial charge is 0.495 e. The van der Waals surface area contributed by atoms with Crippen LogP contribution in [0.3, 0.4) is 0 Å². The average molecular weight is 528 g/mol. The fourth-order valence-corrected chi connectivity index (χ4v) is 4.71. The second-order valence-corrected chi connectivity index (χ2v) is 10.3. The first kappa shape index (κ1) is 28.4. The monoisotopic (exact) mass is 527 g/mol. The van der Waals surface area contributed by atoms with Crippen molar-refractivity contribution < 1.29 is 27.1 Å². The Morgan fingerprint density at radius 2 is 1.83 bits per heavy atom. The number of amides is 2. The van der Waals surface area contributed by atoms with Crippen LogP contribution in [0, 0.1) is 5.82 Å². The summed E-state index contributed by atoms with van der Waals surface area (Å²) in [6.45, 7) is 3.96. The van der Waals surface area contributed by atoms with Crippen LogP contribution in [0.2, 0.25) is 5.02 Å². The smallest absolute Gasteiger partial charge is 0.242 e. The lowest BCUT2D eigenvalue weighted by Crippen LogP contribution is -2.47. The van der Waals surface area contributed by atoms with Crippen molar-refractivity contribution in [3.05, 3.63) is 58.9 Å². The van der Waals surface area contributed by atoms with Crippen molar-refractivity contribution in [2.75, 3.05) is 30.8 Å². The number of sulfonamides is 1. The van der Waals surface area contributed by atoms with Gasteiger partial charge < -0.3 is 15.0 Å². The van der Waals surface area contributed by atoms with Crippen LogP contribution in [0.1, 0.15) is 32.3 Å². The lowest BCUT2D eigenvalue weighted by atomic mass is 10.1.